The molecule has 2 N–H and O–H groups in total. The van der Waals surface area contributed by atoms with Crippen molar-refractivity contribution < 1.29 is 19.7 Å². The number of hydrogen-bond donors (Lipinski definition) is 2. The number of phenolic OH excluding ortho intramolecular Hbond substituents is 2. The molecule has 0 aromatic heterocycles. The molecule has 0 spiro atoms. The molecule has 0 aliphatic carbocycles. The van der Waals surface area contributed by atoms with Crippen molar-refractivity contribution in [1.82, 2.24) is 4.90 Å². The van der Waals surface area contributed by atoms with Gasteiger partial charge in [-0.15, -0.1) is 0 Å². The average molecular weight is 237 g/mol. The van der Waals surface area contributed by atoms with Crippen LogP contribution in [0.15, 0.2) is 18.2 Å². The second kappa shape index (κ2) is 4.63. The summed E-state index contributed by atoms with van der Waals surface area (Å²) >= 11 is 0. The highest BCUT2D eigenvalue weighted by Crippen LogP contribution is 2.24. The van der Waals surface area contributed by atoms with E-state index in [1.54, 1.807) is 11.9 Å². The van der Waals surface area contributed by atoms with E-state index in [-0.39, 0.29) is 29.0 Å². The van der Waals surface area contributed by atoms with Crippen molar-refractivity contribution in [2.75, 3.05) is 20.3 Å². The third kappa shape index (κ3) is 2.34. The van der Waals surface area contributed by atoms with E-state index >= 15 is 0 Å². The molecule has 1 unspecified atom stereocenters. The number of ether oxygens (including phenoxy) is 1. The normalized spacial score (nSPS) is 19.2. The molecule has 1 amide bonds. The molecular formula is C12H15NO4. The Morgan fingerprint density at radius 2 is 2.24 bits per heavy atom. The summed E-state index contributed by atoms with van der Waals surface area (Å²) in [6, 6.07) is 3.94. The van der Waals surface area contributed by atoms with Gasteiger partial charge in [0.25, 0.3) is 5.91 Å². The highest BCUT2D eigenvalue weighted by Gasteiger charge is 2.26. The second-order valence-electron chi connectivity index (χ2n) is 4.13. The summed E-state index contributed by atoms with van der Waals surface area (Å²) in [6.45, 7) is 1.16. The van der Waals surface area contributed by atoms with E-state index in [1.165, 1.54) is 18.2 Å². The topological polar surface area (TPSA) is 70.0 Å². The predicted octanol–water partition coefficient (Wildman–Crippen LogP) is 0.959. The summed E-state index contributed by atoms with van der Waals surface area (Å²) in [7, 11) is 1.67. The quantitative estimate of drug-likeness (QED) is 0.752. The Kier molecular flexibility index (Phi) is 3.19. The fraction of sp³-hybridized carbons (Fsp3) is 0.417. The zero-order valence-corrected chi connectivity index (χ0v) is 9.59. The number of hydrogen-bond acceptors (Lipinski definition) is 4. The van der Waals surface area contributed by atoms with E-state index in [0.29, 0.717) is 13.2 Å². The van der Waals surface area contributed by atoms with Crippen LogP contribution in [0.25, 0.3) is 0 Å². The molecule has 2 rings (SSSR count). The lowest BCUT2D eigenvalue weighted by atomic mass is 10.1. The van der Waals surface area contributed by atoms with Crippen LogP contribution in [0.3, 0.4) is 0 Å². The number of aromatic hydroxyl groups is 2. The van der Waals surface area contributed by atoms with Crippen molar-refractivity contribution in [2.45, 2.75) is 12.5 Å². The van der Waals surface area contributed by atoms with Gasteiger partial charge in [0.2, 0.25) is 0 Å². The Balaban J connectivity index is 2.20. The molecular weight excluding hydrogens is 222 g/mol. The van der Waals surface area contributed by atoms with Gasteiger partial charge in [-0.25, -0.2) is 0 Å². The summed E-state index contributed by atoms with van der Waals surface area (Å²) < 4.78 is 5.21. The maximum absolute atomic E-state index is 12.1. The number of likely N-dealkylation sites (N-methyl/N-ethyl adjacent to an activating group) is 1. The van der Waals surface area contributed by atoms with E-state index in [2.05, 4.69) is 0 Å². The summed E-state index contributed by atoms with van der Waals surface area (Å²) in [4.78, 5) is 13.6. The number of nitrogens with zero attached hydrogens (tertiary/aromatic N) is 1. The van der Waals surface area contributed by atoms with E-state index in [1.807, 2.05) is 0 Å². The second-order valence-corrected chi connectivity index (χ2v) is 4.13. The van der Waals surface area contributed by atoms with E-state index in [4.69, 9.17) is 4.74 Å². The van der Waals surface area contributed by atoms with Crippen molar-refractivity contribution in [3.8, 4) is 11.5 Å². The Bertz CT molecular complexity index is 427. The Labute approximate surface area is 99.2 Å². The SMILES string of the molecule is CN(C(=O)c1cc(O)ccc1O)C1CCOC1. The number of rotatable bonds is 2. The van der Waals surface area contributed by atoms with Crippen molar-refractivity contribution >= 4 is 5.91 Å². The van der Waals surface area contributed by atoms with Crippen LogP contribution in [0.2, 0.25) is 0 Å². The van der Waals surface area contributed by atoms with E-state index < -0.39 is 0 Å². The van der Waals surface area contributed by atoms with Gasteiger partial charge in [-0.05, 0) is 24.6 Å². The van der Waals surface area contributed by atoms with Gasteiger partial charge < -0.3 is 19.8 Å². The lowest BCUT2D eigenvalue weighted by Gasteiger charge is -2.23. The van der Waals surface area contributed by atoms with Crippen molar-refractivity contribution in [3.63, 3.8) is 0 Å². The minimum absolute atomic E-state index is 0.0317. The summed E-state index contributed by atoms with van der Waals surface area (Å²) in [5.41, 5.74) is 0.111. The monoisotopic (exact) mass is 237 g/mol. The Hall–Kier alpha value is -1.75. The zero-order chi connectivity index (χ0) is 12.4. The molecule has 1 aromatic rings. The van der Waals surface area contributed by atoms with Gasteiger partial charge in [0.05, 0.1) is 18.2 Å². The molecule has 17 heavy (non-hydrogen) atoms. The third-order valence-electron chi connectivity index (χ3n) is 2.98. The fourth-order valence-electron chi connectivity index (χ4n) is 1.88. The largest absolute Gasteiger partial charge is 0.508 e. The van der Waals surface area contributed by atoms with Gasteiger partial charge >= 0.3 is 0 Å². The lowest BCUT2D eigenvalue weighted by Crippen LogP contribution is -2.37. The molecule has 1 heterocycles. The molecule has 5 heteroatoms. The molecule has 1 aromatic carbocycles. The Morgan fingerprint density at radius 3 is 2.88 bits per heavy atom. The molecule has 1 aliphatic rings. The number of phenols is 2. The Morgan fingerprint density at radius 1 is 1.47 bits per heavy atom. The number of benzene rings is 1. The molecule has 0 saturated carbocycles. The molecule has 92 valence electrons. The molecule has 0 bridgehead atoms. The predicted molar refractivity (Wildman–Crippen MR) is 61.1 cm³/mol. The van der Waals surface area contributed by atoms with Crippen LogP contribution >= 0.6 is 0 Å². The van der Waals surface area contributed by atoms with Crippen LogP contribution in [0.1, 0.15) is 16.8 Å². The van der Waals surface area contributed by atoms with Crippen LogP contribution in [-0.2, 0) is 4.74 Å². The van der Waals surface area contributed by atoms with Gasteiger partial charge in [-0.2, -0.15) is 0 Å². The van der Waals surface area contributed by atoms with Crippen LogP contribution in [-0.4, -0.2) is 47.3 Å². The molecule has 1 fully saturated rings. The van der Waals surface area contributed by atoms with Gasteiger partial charge in [-0.1, -0.05) is 0 Å². The first-order chi connectivity index (χ1) is 8.09. The maximum Gasteiger partial charge on any atom is 0.257 e. The highest BCUT2D eigenvalue weighted by molar-refractivity contribution is 5.97. The van der Waals surface area contributed by atoms with Crippen molar-refractivity contribution in [3.05, 3.63) is 23.8 Å². The van der Waals surface area contributed by atoms with E-state index in [9.17, 15) is 15.0 Å². The van der Waals surface area contributed by atoms with Gasteiger partial charge in [-0.3, -0.25) is 4.79 Å². The summed E-state index contributed by atoms with van der Waals surface area (Å²) in [6.07, 6.45) is 0.793. The van der Waals surface area contributed by atoms with Crippen LogP contribution < -0.4 is 0 Å². The van der Waals surface area contributed by atoms with Crippen molar-refractivity contribution in [2.24, 2.45) is 0 Å². The fourth-order valence-corrected chi connectivity index (χ4v) is 1.88. The minimum atomic E-state index is -0.311. The molecule has 5 nitrogen and oxygen atoms in total. The van der Waals surface area contributed by atoms with Crippen LogP contribution in [0.4, 0.5) is 0 Å². The van der Waals surface area contributed by atoms with Crippen LogP contribution in [0, 0.1) is 0 Å². The molecule has 0 radical (unpaired) electrons. The number of carbonyl (C=O) groups is 1. The first kappa shape index (κ1) is 11.7. The molecule has 1 aliphatic heterocycles. The van der Waals surface area contributed by atoms with Gasteiger partial charge in [0.1, 0.15) is 11.5 Å². The third-order valence-corrected chi connectivity index (χ3v) is 2.98. The van der Waals surface area contributed by atoms with E-state index in [0.717, 1.165) is 6.42 Å². The zero-order valence-electron chi connectivity index (χ0n) is 9.59. The summed E-state index contributed by atoms with van der Waals surface area (Å²) in [5, 5.41) is 18.9. The minimum Gasteiger partial charge on any atom is -0.508 e. The summed E-state index contributed by atoms with van der Waals surface area (Å²) in [5.74, 6) is -0.477. The standard InChI is InChI=1S/C12H15NO4/c1-13(8-4-5-17-7-8)12(16)10-6-9(14)2-3-11(10)15/h2-3,6,8,14-15H,4-5,7H2,1H3. The number of carbonyl (C=O) groups excluding carboxylic acids is 1. The first-order valence-electron chi connectivity index (χ1n) is 5.46. The molecule has 1 saturated heterocycles. The molecule has 1 atom stereocenters. The van der Waals surface area contributed by atoms with Gasteiger partial charge in [0.15, 0.2) is 0 Å². The maximum atomic E-state index is 12.1. The highest BCUT2D eigenvalue weighted by atomic mass is 16.5. The van der Waals surface area contributed by atoms with Crippen molar-refractivity contribution in [1.29, 1.82) is 0 Å². The lowest BCUT2D eigenvalue weighted by molar-refractivity contribution is 0.0708. The smallest absolute Gasteiger partial charge is 0.257 e. The average Bonchev–Trinajstić information content (AvgIpc) is 2.84. The van der Waals surface area contributed by atoms with Crippen LogP contribution in [0.5, 0.6) is 11.5 Å². The first-order valence-corrected chi connectivity index (χ1v) is 5.46. The number of amides is 1. The van der Waals surface area contributed by atoms with Gasteiger partial charge in [0, 0.05) is 13.7 Å².